The maximum Gasteiger partial charge on any atom is 0.276 e. The fourth-order valence-corrected chi connectivity index (χ4v) is 3.34. The minimum atomic E-state index is -0.864. The molecule has 0 radical (unpaired) electrons. The zero-order valence-corrected chi connectivity index (χ0v) is 17.4. The molecule has 29 heavy (non-hydrogen) atoms. The third-order valence-electron chi connectivity index (χ3n) is 4.09. The van der Waals surface area contributed by atoms with E-state index < -0.39 is 11.6 Å². The normalized spacial score (nSPS) is 12.2. The summed E-state index contributed by atoms with van der Waals surface area (Å²) in [5, 5.41) is 8.49. The van der Waals surface area contributed by atoms with Gasteiger partial charge in [0.1, 0.15) is 6.04 Å². The molecule has 8 heteroatoms. The molecule has 0 saturated carbocycles. The van der Waals surface area contributed by atoms with Crippen LogP contribution in [0.5, 0.6) is 0 Å². The minimum absolute atomic E-state index is 0.211. The number of benzene rings is 1. The Balaban J connectivity index is 2.05. The lowest BCUT2D eigenvalue weighted by Crippen LogP contribution is -2.49. The van der Waals surface area contributed by atoms with Crippen molar-refractivity contribution in [1.82, 2.24) is 24.8 Å². The van der Waals surface area contributed by atoms with Gasteiger partial charge in [-0.2, -0.15) is 0 Å². The maximum atomic E-state index is 13.3. The number of nitrogens with zero attached hydrogens (tertiary/aromatic N) is 4. The summed E-state index contributed by atoms with van der Waals surface area (Å²) in [4.78, 5) is 32.3. The quantitative estimate of drug-likeness (QED) is 0.675. The van der Waals surface area contributed by atoms with E-state index in [2.05, 4.69) is 19.9 Å². The zero-order chi connectivity index (χ0) is 20.9. The van der Waals surface area contributed by atoms with Crippen LogP contribution >= 0.6 is 11.5 Å². The first kappa shape index (κ1) is 20.6. The van der Waals surface area contributed by atoms with E-state index in [1.807, 2.05) is 51.1 Å². The van der Waals surface area contributed by atoms with Gasteiger partial charge in [-0.15, -0.1) is 5.10 Å². The van der Waals surface area contributed by atoms with Crippen LogP contribution in [0.25, 0.3) is 0 Å². The van der Waals surface area contributed by atoms with Crippen LogP contribution in [0.15, 0.2) is 60.2 Å². The van der Waals surface area contributed by atoms with Gasteiger partial charge >= 0.3 is 0 Å². The molecule has 150 valence electrons. The third kappa shape index (κ3) is 5.45. The van der Waals surface area contributed by atoms with Crippen molar-refractivity contribution >= 4 is 23.3 Å². The highest BCUT2D eigenvalue weighted by atomic mass is 32.1. The minimum Gasteiger partial charge on any atom is -0.349 e. The summed E-state index contributed by atoms with van der Waals surface area (Å²) >= 11 is 1.10. The van der Waals surface area contributed by atoms with Crippen LogP contribution in [0.2, 0.25) is 0 Å². The lowest BCUT2D eigenvalue weighted by atomic mass is 10.0. The lowest BCUT2D eigenvalue weighted by Gasteiger charge is -2.33. The summed E-state index contributed by atoms with van der Waals surface area (Å²) in [6.07, 6.45) is 3.24. The second kappa shape index (κ2) is 8.91. The molecule has 0 aliphatic rings. The Morgan fingerprint density at radius 3 is 2.48 bits per heavy atom. The second-order valence-electron chi connectivity index (χ2n) is 7.64. The van der Waals surface area contributed by atoms with Gasteiger partial charge in [0.15, 0.2) is 5.69 Å². The molecule has 0 fully saturated rings. The van der Waals surface area contributed by atoms with E-state index in [0.29, 0.717) is 5.56 Å². The molecule has 2 aromatic heterocycles. The standard InChI is InChI=1S/C21H23N5O2S/c1-21(2,3)23-19(27)18(16-10-7-11-22-12-16)26(13-15-8-5-4-6-9-15)20(28)17-14-29-25-24-17/h4-12,14,18H,13H2,1-3H3,(H,23,27). The Bertz CT molecular complexity index is 940. The molecule has 1 unspecified atom stereocenters. The molecular formula is C21H23N5O2S. The number of rotatable bonds is 6. The van der Waals surface area contributed by atoms with Crippen molar-refractivity contribution in [3.05, 3.63) is 77.1 Å². The van der Waals surface area contributed by atoms with Gasteiger partial charge in [0.05, 0.1) is 0 Å². The van der Waals surface area contributed by atoms with Crippen molar-refractivity contribution in [3.63, 3.8) is 0 Å². The monoisotopic (exact) mass is 409 g/mol. The van der Waals surface area contributed by atoms with Gasteiger partial charge in [0.25, 0.3) is 5.91 Å². The smallest absolute Gasteiger partial charge is 0.276 e. The van der Waals surface area contributed by atoms with E-state index in [0.717, 1.165) is 17.1 Å². The number of pyridine rings is 1. The predicted octanol–water partition coefficient (Wildman–Crippen LogP) is 3.23. The zero-order valence-electron chi connectivity index (χ0n) is 16.6. The molecule has 1 N–H and O–H groups in total. The second-order valence-corrected chi connectivity index (χ2v) is 8.25. The summed E-state index contributed by atoms with van der Waals surface area (Å²) in [6.45, 7) is 5.95. The molecule has 0 aliphatic heterocycles. The highest BCUT2D eigenvalue weighted by molar-refractivity contribution is 7.03. The number of hydrogen-bond acceptors (Lipinski definition) is 6. The number of hydrogen-bond donors (Lipinski definition) is 1. The maximum absolute atomic E-state index is 13.3. The third-order valence-corrected chi connectivity index (χ3v) is 4.60. The van der Waals surface area contributed by atoms with Crippen LogP contribution in [-0.2, 0) is 11.3 Å². The summed E-state index contributed by atoms with van der Waals surface area (Å²) in [5.74, 6) is -0.640. The van der Waals surface area contributed by atoms with Gasteiger partial charge in [-0.05, 0) is 43.9 Å². The SMILES string of the molecule is CC(C)(C)NC(=O)C(c1cccnc1)N(Cc1ccccc1)C(=O)c1csnn1. The van der Waals surface area contributed by atoms with Crippen LogP contribution < -0.4 is 5.32 Å². The van der Waals surface area contributed by atoms with E-state index in [1.54, 1.807) is 29.9 Å². The molecule has 7 nitrogen and oxygen atoms in total. The fraction of sp³-hybridized carbons (Fsp3) is 0.286. The highest BCUT2D eigenvalue weighted by Gasteiger charge is 2.34. The first-order valence-corrected chi connectivity index (χ1v) is 10.0. The van der Waals surface area contributed by atoms with Crippen molar-refractivity contribution in [1.29, 1.82) is 0 Å². The molecule has 2 heterocycles. The Morgan fingerprint density at radius 1 is 1.14 bits per heavy atom. The van der Waals surface area contributed by atoms with Crippen LogP contribution in [0, 0.1) is 0 Å². The number of carbonyl (C=O) groups excluding carboxylic acids is 2. The molecule has 3 aromatic rings. The first-order valence-electron chi connectivity index (χ1n) is 9.19. The van der Waals surface area contributed by atoms with Gasteiger partial charge in [0.2, 0.25) is 5.91 Å². The number of carbonyl (C=O) groups is 2. The van der Waals surface area contributed by atoms with Crippen molar-refractivity contribution in [3.8, 4) is 0 Å². The largest absolute Gasteiger partial charge is 0.349 e. The molecule has 1 atom stereocenters. The molecular weight excluding hydrogens is 386 g/mol. The Morgan fingerprint density at radius 2 is 1.90 bits per heavy atom. The van der Waals surface area contributed by atoms with E-state index in [9.17, 15) is 9.59 Å². The van der Waals surface area contributed by atoms with E-state index >= 15 is 0 Å². The topological polar surface area (TPSA) is 88.1 Å². The fourth-order valence-electron chi connectivity index (χ4n) is 2.91. The summed E-state index contributed by atoms with van der Waals surface area (Å²) in [5.41, 5.74) is 1.29. The van der Waals surface area contributed by atoms with Crippen LogP contribution in [-0.4, -0.2) is 36.8 Å². The molecule has 1 aromatic carbocycles. The van der Waals surface area contributed by atoms with Crippen molar-refractivity contribution in [2.24, 2.45) is 0 Å². The first-order chi connectivity index (χ1) is 13.8. The van der Waals surface area contributed by atoms with E-state index in [-0.39, 0.29) is 24.1 Å². The number of aromatic nitrogens is 3. The van der Waals surface area contributed by atoms with Gasteiger partial charge in [-0.25, -0.2) is 0 Å². The lowest BCUT2D eigenvalue weighted by molar-refractivity contribution is -0.127. The van der Waals surface area contributed by atoms with Crippen molar-refractivity contribution < 1.29 is 9.59 Å². The van der Waals surface area contributed by atoms with Gasteiger partial charge in [-0.3, -0.25) is 14.6 Å². The summed E-state index contributed by atoms with van der Waals surface area (Å²) in [6, 6.07) is 12.2. The van der Waals surface area contributed by atoms with Gasteiger partial charge in [0, 0.05) is 35.4 Å². The Kier molecular flexibility index (Phi) is 6.33. The van der Waals surface area contributed by atoms with Crippen LogP contribution in [0.3, 0.4) is 0 Å². The summed E-state index contributed by atoms with van der Waals surface area (Å²) < 4.78 is 3.80. The van der Waals surface area contributed by atoms with Crippen LogP contribution in [0.1, 0.15) is 48.4 Å². The van der Waals surface area contributed by atoms with E-state index in [4.69, 9.17) is 0 Å². The van der Waals surface area contributed by atoms with Crippen LogP contribution in [0.4, 0.5) is 0 Å². The van der Waals surface area contributed by atoms with Gasteiger partial charge < -0.3 is 10.2 Å². The van der Waals surface area contributed by atoms with Gasteiger partial charge in [-0.1, -0.05) is 40.9 Å². The number of amides is 2. The molecule has 3 rings (SSSR count). The average Bonchev–Trinajstić information content (AvgIpc) is 3.22. The predicted molar refractivity (Wildman–Crippen MR) is 111 cm³/mol. The Labute approximate surface area is 174 Å². The average molecular weight is 410 g/mol. The van der Waals surface area contributed by atoms with Crippen molar-refractivity contribution in [2.45, 2.75) is 38.9 Å². The molecule has 0 aliphatic carbocycles. The van der Waals surface area contributed by atoms with Crippen molar-refractivity contribution in [2.75, 3.05) is 0 Å². The number of nitrogens with one attached hydrogen (secondary N) is 1. The summed E-state index contributed by atoms with van der Waals surface area (Å²) in [7, 11) is 0. The molecule has 0 spiro atoms. The molecule has 0 saturated heterocycles. The molecule has 0 bridgehead atoms. The van der Waals surface area contributed by atoms with E-state index in [1.165, 1.54) is 4.90 Å². The Hall–Kier alpha value is -3.13. The molecule has 2 amide bonds. The highest BCUT2D eigenvalue weighted by Crippen LogP contribution is 2.26.